The number of anilines is 1. The van der Waals surface area contributed by atoms with E-state index in [-0.39, 0.29) is 17.2 Å². The number of hydrogen-bond donors (Lipinski definition) is 2. The topological polar surface area (TPSA) is 117 Å². The van der Waals surface area contributed by atoms with Crippen molar-refractivity contribution in [2.75, 3.05) is 31.1 Å². The summed E-state index contributed by atoms with van der Waals surface area (Å²) in [4.78, 5) is 46.6. The highest BCUT2D eigenvalue weighted by molar-refractivity contribution is 5.92. The molecule has 10 nitrogen and oxygen atoms in total. The number of carbonyl (C=O) groups excluding carboxylic acids is 3. The number of rotatable bonds is 4. The lowest BCUT2D eigenvalue weighted by atomic mass is 9.79. The third kappa shape index (κ3) is 4.26. The zero-order valence-corrected chi connectivity index (χ0v) is 15.7. The minimum absolute atomic E-state index is 0.0115. The van der Waals surface area contributed by atoms with Crippen LogP contribution in [0.3, 0.4) is 0 Å². The van der Waals surface area contributed by atoms with E-state index < -0.39 is 11.5 Å². The van der Waals surface area contributed by atoms with Gasteiger partial charge in [-0.3, -0.25) is 20.4 Å². The molecule has 0 bridgehead atoms. The van der Waals surface area contributed by atoms with E-state index in [9.17, 15) is 14.4 Å². The third-order valence-corrected chi connectivity index (χ3v) is 4.55. The highest BCUT2D eigenvalue weighted by Gasteiger charge is 2.50. The summed E-state index contributed by atoms with van der Waals surface area (Å²) >= 11 is 0. The summed E-state index contributed by atoms with van der Waals surface area (Å²) in [6, 6.07) is 1.48. The van der Waals surface area contributed by atoms with Crippen LogP contribution in [0, 0.1) is 5.41 Å². The van der Waals surface area contributed by atoms with Crippen LogP contribution in [0.2, 0.25) is 0 Å². The van der Waals surface area contributed by atoms with Crippen LogP contribution in [0.5, 0.6) is 0 Å². The molecule has 0 aliphatic carbocycles. The maximum atomic E-state index is 12.1. The minimum Gasteiger partial charge on any atom is -0.444 e. The van der Waals surface area contributed by atoms with Gasteiger partial charge in [-0.2, -0.15) is 0 Å². The Labute approximate surface area is 157 Å². The Morgan fingerprint density at radius 1 is 1.30 bits per heavy atom. The van der Waals surface area contributed by atoms with Crippen molar-refractivity contribution in [2.45, 2.75) is 32.8 Å². The lowest BCUT2D eigenvalue weighted by Gasteiger charge is -2.47. The van der Waals surface area contributed by atoms with Gasteiger partial charge in [0.15, 0.2) is 0 Å². The Kier molecular flexibility index (Phi) is 4.90. The lowest BCUT2D eigenvalue weighted by Crippen LogP contribution is -2.60. The SMILES string of the molecule is CC(C)(C)OC(=O)N1CC2(CCN(c3nccc(C(=O)NNC=O)n3)C2)C1. The van der Waals surface area contributed by atoms with Gasteiger partial charge in [0.25, 0.3) is 5.91 Å². The van der Waals surface area contributed by atoms with Crippen molar-refractivity contribution < 1.29 is 19.1 Å². The molecule has 0 unspecified atom stereocenters. The van der Waals surface area contributed by atoms with Gasteiger partial charge in [-0.1, -0.05) is 0 Å². The van der Waals surface area contributed by atoms with Crippen molar-refractivity contribution in [3.8, 4) is 0 Å². The molecule has 0 aromatic carbocycles. The molecule has 2 fully saturated rings. The first-order chi connectivity index (χ1) is 12.7. The number of ether oxygens (including phenoxy) is 1. The van der Waals surface area contributed by atoms with Crippen molar-refractivity contribution in [2.24, 2.45) is 5.41 Å². The smallest absolute Gasteiger partial charge is 0.410 e. The lowest BCUT2D eigenvalue weighted by molar-refractivity contribution is -0.110. The molecule has 10 heteroatoms. The van der Waals surface area contributed by atoms with E-state index >= 15 is 0 Å². The number of amides is 3. The number of carbonyl (C=O) groups is 3. The predicted molar refractivity (Wildman–Crippen MR) is 95.8 cm³/mol. The van der Waals surface area contributed by atoms with Crippen molar-refractivity contribution in [1.29, 1.82) is 0 Å². The van der Waals surface area contributed by atoms with Crippen molar-refractivity contribution in [3.63, 3.8) is 0 Å². The predicted octanol–water partition coefficient (Wildman–Crippen LogP) is 0.315. The summed E-state index contributed by atoms with van der Waals surface area (Å²) in [5.41, 5.74) is 3.99. The van der Waals surface area contributed by atoms with Crippen molar-refractivity contribution in [1.82, 2.24) is 25.7 Å². The average Bonchev–Trinajstić information content (AvgIpc) is 3.02. The standard InChI is InChI=1S/C17H24N6O4/c1-16(2,3)27-15(26)23-9-17(10-23)5-7-22(8-17)14-18-6-4-12(20-14)13(25)21-19-11-24/h4,6,11H,5,7-10H2,1-3H3,(H,19,24)(H,21,25). The first-order valence-corrected chi connectivity index (χ1v) is 8.77. The van der Waals surface area contributed by atoms with Crippen LogP contribution in [0.4, 0.5) is 10.7 Å². The minimum atomic E-state index is -0.514. The van der Waals surface area contributed by atoms with Gasteiger partial charge in [0.2, 0.25) is 12.4 Å². The number of nitrogens with zero attached hydrogens (tertiary/aromatic N) is 4. The molecule has 0 radical (unpaired) electrons. The van der Waals surface area contributed by atoms with Gasteiger partial charge >= 0.3 is 6.09 Å². The fourth-order valence-electron chi connectivity index (χ4n) is 3.37. The van der Waals surface area contributed by atoms with Gasteiger partial charge in [0.1, 0.15) is 11.3 Å². The van der Waals surface area contributed by atoms with Crippen molar-refractivity contribution in [3.05, 3.63) is 18.0 Å². The molecule has 2 saturated heterocycles. The number of aromatic nitrogens is 2. The molecule has 3 amide bonds. The van der Waals surface area contributed by atoms with E-state index in [0.29, 0.717) is 32.0 Å². The van der Waals surface area contributed by atoms with Gasteiger partial charge in [-0.25, -0.2) is 14.8 Å². The fourth-order valence-corrected chi connectivity index (χ4v) is 3.37. The first-order valence-electron chi connectivity index (χ1n) is 8.77. The molecular weight excluding hydrogens is 352 g/mol. The molecule has 2 N–H and O–H groups in total. The Morgan fingerprint density at radius 2 is 2.04 bits per heavy atom. The van der Waals surface area contributed by atoms with Crippen LogP contribution in [0.1, 0.15) is 37.7 Å². The second-order valence-electron chi connectivity index (χ2n) is 7.97. The second kappa shape index (κ2) is 7.01. The molecular formula is C17H24N6O4. The summed E-state index contributed by atoms with van der Waals surface area (Å²) in [5.74, 6) is -0.0549. The van der Waals surface area contributed by atoms with Gasteiger partial charge in [0, 0.05) is 37.8 Å². The molecule has 0 atom stereocenters. The van der Waals surface area contributed by atoms with Crippen LogP contribution in [0.25, 0.3) is 0 Å². The third-order valence-electron chi connectivity index (χ3n) is 4.55. The summed E-state index contributed by atoms with van der Waals surface area (Å²) in [5, 5.41) is 0. The Morgan fingerprint density at radius 3 is 2.70 bits per heavy atom. The first kappa shape index (κ1) is 18.9. The van der Waals surface area contributed by atoms with Crippen molar-refractivity contribution >= 4 is 24.4 Å². The molecule has 1 aromatic heterocycles. The Balaban J connectivity index is 1.58. The summed E-state index contributed by atoms with van der Waals surface area (Å²) in [6.07, 6.45) is 2.51. The van der Waals surface area contributed by atoms with E-state index in [1.807, 2.05) is 25.7 Å². The van der Waals surface area contributed by atoms with Gasteiger partial charge in [0.05, 0.1) is 0 Å². The molecule has 2 aliphatic heterocycles. The highest BCUT2D eigenvalue weighted by Crippen LogP contribution is 2.41. The quantitative estimate of drug-likeness (QED) is 0.574. The van der Waals surface area contributed by atoms with Crippen LogP contribution < -0.4 is 15.8 Å². The van der Waals surface area contributed by atoms with E-state index in [0.717, 1.165) is 13.0 Å². The zero-order chi connectivity index (χ0) is 19.7. The molecule has 27 heavy (non-hydrogen) atoms. The van der Waals surface area contributed by atoms with Gasteiger partial charge in [-0.05, 0) is 33.3 Å². The highest BCUT2D eigenvalue weighted by atomic mass is 16.6. The van der Waals surface area contributed by atoms with Crippen LogP contribution >= 0.6 is 0 Å². The summed E-state index contributed by atoms with van der Waals surface area (Å²) in [6.45, 7) is 8.29. The van der Waals surface area contributed by atoms with E-state index in [2.05, 4.69) is 20.8 Å². The normalized spacial score (nSPS) is 18.0. The molecule has 0 saturated carbocycles. The maximum absolute atomic E-state index is 12.1. The molecule has 3 rings (SSSR count). The van der Waals surface area contributed by atoms with Gasteiger partial charge in [-0.15, -0.1) is 0 Å². The number of hydrazine groups is 1. The van der Waals surface area contributed by atoms with Crippen LogP contribution in [-0.4, -0.2) is 65.1 Å². The largest absolute Gasteiger partial charge is 0.444 e. The number of nitrogens with one attached hydrogen (secondary N) is 2. The van der Waals surface area contributed by atoms with E-state index in [4.69, 9.17) is 4.74 Å². The number of likely N-dealkylation sites (tertiary alicyclic amines) is 1. The van der Waals surface area contributed by atoms with Crippen LogP contribution in [0.15, 0.2) is 12.3 Å². The fraction of sp³-hybridized carbons (Fsp3) is 0.588. The van der Waals surface area contributed by atoms with Gasteiger partial charge < -0.3 is 14.5 Å². The maximum Gasteiger partial charge on any atom is 0.410 e. The summed E-state index contributed by atoms with van der Waals surface area (Å²) in [7, 11) is 0. The van der Waals surface area contributed by atoms with E-state index in [1.165, 1.54) is 12.3 Å². The van der Waals surface area contributed by atoms with E-state index in [1.54, 1.807) is 4.90 Å². The Hall–Kier alpha value is -2.91. The molecule has 146 valence electrons. The second-order valence-corrected chi connectivity index (χ2v) is 7.97. The molecule has 1 aromatic rings. The average molecular weight is 376 g/mol. The molecule has 2 aliphatic rings. The monoisotopic (exact) mass is 376 g/mol. The number of hydrogen-bond acceptors (Lipinski definition) is 7. The zero-order valence-electron chi connectivity index (χ0n) is 15.7. The molecule has 3 heterocycles. The van der Waals surface area contributed by atoms with Crippen LogP contribution in [-0.2, 0) is 9.53 Å². The molecule has 1 spiro atoms. The Bertz CT molecular complexity index is 741. The summed E-state index contributed by atoms with van der Waals surface area (Å²) < 4.78 is 5.40.